The maximum absolute atomic E-state index is 13.8. The number of nitrogens with one attached hydrogen (secondary N) is 1. The topological polar surface area (TPSA) is 67.9 Å². The van der Waals surface area contributed by atoms with Crippen molar-refractivity contribution in [3.63, 3.8) is 0 Å². The monoisotopic (exact) mass is 524 g/mol. The summed E-state index contributed by atoms with van der Waals surface area (Å²) in [6, 6.07) is 29.8. The molecule has 0 saturated heterocycles. The van der Waals surface area contributed by atoms with Crippen LogP contribution in [0.25, 0.3) is 0 Å². The number of rotatable bonds is 10. The van der Waals surface area contributed by atoms with Gasteiger partial charge in [-0.3, -0.25) is 9.59 Å². The predicted molar refractivity (Wildman–Crippen MR) is 145 cm³/mol. The lowest BCUT2D eigenvalue weighted by atomic mass is 10.0. The van der Waals surface area contributed by atoms with Crippen molar-refractivity contribution in [3.05, 3.63) is 131 Å². The van der Waals surface area contributed by atoms with Gasteiger partial charge in [-0.2, -0.15) is 0 Å². The number of fused-ring (bicyclic) bond motifs is 1. The van der Waals surface area contributed by atoms with Gasteiger partial charge in [-0.15, -0.1) is 0 Å². The highest BCUT2D eigenvalue weighted by Crippen LogP contribution is 2.32. The van der Waals surface area contributed by atoms with E-state index in [0.29, 0.717) is 17.9 Å². The van der Waals surface area contributed by atoms with Crippen LogP contribution in [0.5, 0.6) is 11.5 Å². The lowest BCUT2D eigenvalue weighted by Crippen LogP contribution is -2.50. The predicted octanol–water partition coefficient (Wildman–Crippen LogP) is 5.05. The van der Waals surface area contributed by atoms with E-state index < -0.39 is 6.04 Å². The van der Waals surface area contributed by atoms with Crippen LogP contribution in [-0.4, -0.2) is 29.5 Å². The average Bonchev–Trinajstić information content (AvgIpc) is 3.44. The van der Waals surface area contributed by atoms with Gasteiger partial charge in [0.25, 0.3) is 0 Å². The molecule has 1 N–H and O–H groups in total. The molecule has 1 aliphatic rings. The van der Waals surface area contributed by atoms with E-state index in [4.69, 9.17) is 9.47 Å². The maximum Gasteiger partial charge on any atom is 0.243 e. The van der Waals surface area contributed by atoms with Gasteiger partial charge in [-0.05, 0) is 46.5 Å². The highest BCUT2D eigenvalue weighted by molar-refractivity contribution is 5.88. The summed E-state index contributed by atoms with van der Waals surface area (Å²) in [5, 5.41) is 3.02. The van der Waals surface area contributed by atoms with Gasteiger partial charge in [0.1, 0.15) is 11.9 Å². The van der Waals surface area contributed by atoms with E-state index in [1.165, 1.54) is 12.1 Å². The average molecular weight is 525 g/mol. The molecule has 0 bridgehead atoms. The van der Waals surface area contributed by atoms with Gasteiger partial charge in [0.05, 0.1) is 6.42 Å². The van der Waals surface area contributed by atoms with E-state index in [0.717, 1.165) is 22.3 Å². The zero-order valence-corrected chi connectivity index (χ0v) is 21.4. The normalized spacial score (nSPS) is 12.5. The number of amides is 2. The third-order valence-electron chi connectivity index (χ3n) is 6.64. The molecule has 0 spiro atoms. The molecular weight excluding hydrogens is 495 g/mol. The second kappa shape index (κ2) is 12.3. The number of halogens is 1. The Kier molecular flexibility index (Phi) is 8.17. The molecule has 2 amide bonds. The maximum atomic E-state index is 13.8. The summed E-state index contributed by atoms with van der Waals surface area (Å²) in [4.78, 5) is 29.1. The lowest BCUT2D eigenvalue weighted by Gasteiger charge is -2.32. The van der Waals surface area contributed by atoms with E-state index in [2.05, 4.69) is 5.32 Å². The smallest absolute Gasteiger partial charge is 0.243 e. The first kappa shape index (κ1) is 26.0. The van der Waals surface area contributed by atoms with Gasteiger partial charge in [0.2, 0.25) is 18.6 Å². The molecule has 0 aromatic heterocycles. The third kappa shape index (κ3) is 6.82. The largest absolute Gasteiger partial charge is 0.454 e. The highest BCUT2D eigenvalue weighted by Gasteiger charge is 2.30. The zero-order valence-electron chi connectivity index (χ0n) is 21.4. The van der Waals surface area contributed by atoms with Crippen LogP contribution in [0.2, 0.25) is 0 Å². The van der Waals surface area contributed by atoms with Crippen molar-refractivity contribution in [2.45, 2.75) is 32.0 Å². The van der Waals surface area contributed by atoms with Crippen molar-refractivity contribution in [1.29, 1.82) is 0 Å². The standard InChI is InChI=1S/C32H29FN2O4/c33-27-14-11-25(12-15-27)21-35(31(36)19-24-9-5-2-6-10-24)28(17-23-7-3-1-4-8-23)32(37)34-20-26-13-16-29-30(18-26)39-22-38-29/h1-16,18,28H,17,19-22H2,(H,34,37). The second-order valence-electron chi connectivity index (χ2n) is 9.42. The molecule has 4 aromatic rings. The van der Waals surface area contributed by atoms with E-state index in [9.17, 15) is 14.0 Å². The fourth-order valence-corrected chi connectivity index (χ4v) is 4.57. The number of carbonyl (C=O) groups excluding carboxylic acids is 2. The molecule has 1 aliphatic heterocycles. The van der Waals surface area contributed by atoms with Gasteiger partial charge >= 0.3 is 0 Å². The summed E-state index contributed by atoms with van der Waals surface area (Å²) < 4.78 is 24.5. The third-order valence-corrected chi connectivity index (χ3v) is 6.64. The van der Waals surface area contributed by atoms with Gasteiger partial charge in [-0.25, -0.2) is 4.39 Å². The highest BCUT2D eigenvalue weighted by atomic mass is 19.1. The first-order valence-electron chi connectivity index (χ1n) is 12.8. The Morgan fingerprint density at radius 3 is 2.13 bits per heavy atom. The lowest BCUT2D eigenvalue weighted by molar-refractivity contribution is -0.140. The Balaban J connectivity index is 1.42. The number of carbonyl (C=O) groups is 2. The number of benzene rings is 4. The summed E-state index contributed by atoms with van der Waals surface area (Å²) in [6.45, 7) is 0.602. The Morgan fingerprint density at radius 2 is 1.41 bits per heavy atom. The molecule has 7 heteroatoms. The van der Waals surface area contributed by atoms with Crippen molar-refractivity contribution in [2.75, 3.05) is 6.79 Å². The van der Waals surface area contributed by atoms with Crippen LogP contribution in [0.15, 0.2) is 103 Å². The van der Waals surface area contributed by atoms with Crippen LogP contribution < -0.4 is 14.8 Å². The van der Waals surface area contributed by atoms with Crippen LogP contribution in [0, 0.1) is 5.82 Å². The number of hydrogen-bond acceptors (Lipinski definition) is 4. The number of hydrogen-bond donors (Lipinski definition) is 1. The molecule has 4 aromatic carbocycles. The van der Waals surface area contributed by atoms with Crippen LogP contribution >= 0.6 is 0 Å². The van der Waals surface area contributed by atoms with Crippen LogP contribution in [-0.2, 0) is 35.5 Å². The fourth-order valence-electron chi connectivity index (χ4n) is 4.57. The summed E-state index contributed by atoms with van der Waals surface area (Å²) in [7, 11) is 0. The Labute approximate surface area is 227 Å². The van der Waals surface area contributed by atoms with Gasteiger partial charge < -0.3 is 19.7 Å². The molecule has 0 fully saturated rings. The number of nitrogens with zero attached hydrogens (tertiary/aromatic N) is 1. The Morgan fingerprint density at radius 1 is 0.769 bits per heavy atom. The minimum atomic E-state index is -0.789. The van der Waals surface area contributed by atoms with Crippen molar-refractivity contribution in [2.24, 2.45) is 0 Å². The van der Waals surface area contributed by atoms with Crippen molar-refractivity contribution >= 4 is 11.8 Å². The number of ether oxygens (including phenoxy) is 2. The molecule has 0 aliphatic carbocycles. The Hall–Kier alpha value is -4.65. The molecule has 6 nitrogen and oxygen atoms in total. The zero-order chi connectivity index (χ0) is 27.0. The van der Waals surface area contributed by atoms with Gasteiger partial charge in [0.15, 0.2) is 11.5 Å². The molecule has 39 heavy (non-hydrogen) atoms. The first-order chi connectivity index (χ1) is 19.0. The molecule has 1 atom stereocenters. The molecular formula is C32H29FN2O4. The molecule has 1 heterocycles. The fraction of sp³-hybridized carbons (Fsp3) is 0.188. The summed E-state index contributed by atoms with van der Waals surface area (Å²) >= 11 is 0. The quantitative estimate of drug-likeness (QED) is 0.315. The minimum absolute atomic E-state index is 0.142. The summed E-state index contributed by atoms with van der Waals surface area (Å²) in [5.74, 6) is 0.482. The molecule has 0 radical (unpaired) electrons. The SMILES string of the molecule is O=C(NCc1ccc2c(c1)OCO2)C(Cc1ccccc1)N(Cc1ccc(F)cc1)C(=O)Cc1ccccc1. The molecule has 0 saturated carbocycles. The van der Waals surface area contributed by atoms with E-state index in [1.54, 1.807) is 17.0 Å². The first-order valence-corrected chi connectivity index (χ1v) is 12.8. The van der Waals surface area contributed by atoms with Crippen molar-refractivity contribution in [3.8, 4) is 11.5 Å². The van der Waals surface area contributed by atoms with Crippen LogP contribution in [0.1, 0.15) is 22.3 Å². The summed E-state index contributed by atoms with van der Waals surface area (Å²) in [6.07, 6.45) is 0.471. The van der Waals surface area contributed by atoms with Crippen LogP contribution in [0.3, 0.4) is 0 Å². The minimum Gasteiger partial charge on any atom is -0.454 e. The van der Waals surface area contributed by atoms with E-state index >= 15 is 0 Å². The van der Waals surface area contributed by atoms with Crippen LogP contribution in [0.4, 0.5) is 4.39 Å². The van der Waals surface area contributed by atoms with Gasteiger partial charge in [0, 0.05) is 19.5 Å². The van der Waals surface area contributed by atoms with E-state index in [1.807, 2.05) is 78.9 Å². The van der Waals surface area contributed by atoms with Crippen molar-refractivity contribution < 1.29 is 23.5 Å². The molecule has 5 rings (SSSR count). The Bertz CT molecular complexity index is 1410. The molecule has 1 unspecified atom stereocenters. The van der Waals surface area contributed by atoms with Crippen molar-refractivity contribution in [1.82, 2.24) is 10.2 Å². The molecule has 198 valence electrons. The second-order valence-corrected chi connectivity index (χ2v) is 9.42. The van der Waals surface area contributed by atoms with Gasteiger partial charge in [-0.1, -0.05) is 78.9 Å². The summed E-state index contributed by atoms with van der Waals surface area (Å²) in [5.41, 5.74) is 3.37. The van der Waals surface area contributed by atoms with E-state index in [-0.39, 0.29) is 43.9 Å².